The van der Waals surface area contributed by atoms with E-state index in [0.29, 0.717) is 31.4 Å². The average Bonchev–Trinajstić information content (AvgIpc) is 3.31. The van der Waals surface area contributed by atoms with Crippen LogP contribution >= 0.6 is 0 Å². The van der Waals surface area contributed by atoms with Crippen molar-refractivity contribution in [3.63, 3.8) is 0 Å². The van der Waals surface area contributed by atoms with Crippen LogP contribution in [0, 0.1) is 0 Å². The Kier molecular flexibility index (Phi) is 4.83. The van der Waals surface area contributed by atoms with Crippen molar-refractivity contribution in [1.29, 1.82) is 0 Å². The summed E-state index contributed by atoms with van der Waals surface area (Å²) in [5.74, 6) is 1.73. The van der Waals surface area contributed by atoms with Gasteiger partial charge in [-0.05, 0) is 25.7 Å². The molecule has 5 heteroatoms. The highest BCUT2D eigenvalue weighted by Gasteiger charge is 2.37. The molecule has 0 spiro atoms. The first kappa shape index (κ1) is 16.3. The highest BCUT2D eigenvalue weighted by molar-refractivity contribution is 5.76. The zero-order valence-corrected chi connectivity index (χ0v) is 14.4. The predicted octanol–water partition coefficient (Wildman–Crippen LogP) is 3.44. The van der Waals surface area contributed by atoms with Gasteiger partial charge in [0.15, 0.2) is 11.7 Å². The lowest BCUT2D eigenvalue weighted by atomic mass is 10.1. The molecule has 1 amide bonds. The zero-order chi connectivity index (χ0) is 17.1. The Bertz CT molecular complexity index is 713. The molecular formula is C20H24N2O3. The van der Waals surface area contributed by atoms with E-state index in [4.69, 9.17) is 9.15 Å². The van der Waals surface area contributed by atoms with Crippen molar-refractivity contribution in [2.75, 3.05) is 13.2 Å². The van der Waals surface area contributed by atoms with Gasteiger partial charge in [0.2, 0.25) is 5.91 Å². The number of rotatable bonds is 5. The molecule has 132 valence electrons. The standard InChI is InChI=1S/C20H24N2O3/c23-20(22-12-13-24-17-9-4-8-16(17)22)11-5-10-19-21-14-18(25-19)15-6-2-1-3-7-15/h1-3,6-7,14,16-17H,4-5,8-13H2/t16-,17+/m1/s1. The van der Waals surface area contributed by atoms with Gasteiger partial charge in [-0.25, -0.2) is 4.98 Å². The fourth-order valence-corrected chi connectivity index (χ4v) is 3.93. The first-order valence-electron chi connectivity index (χ1n) is 9.22. The Balaban J connectivity index is 1.29. The number of carbonyl (C=O) groups excluding carboxylic acids is 1. The fourth-order valence-electron chi connectivity index (χ4n) is 3.93. The number of hydrogen-bond donors (Lipinski definition) is 0. The zero-order valence-electron chi connectivity index (χ0n) is 14.4. The van der Waals surface area contributed by atoms with Crippen LogP contribution in [0.3, 0.4) is 0 Å². The molecule has 0 N–H and O–H groups in total. The smallest absolute Gasteiger partial charge is 0.223 e. The van der Waals surface area contributed by atoms with E-state index in [-0.39, 0.29) is 12.0 Å². The molecule has 2 heterocycles. The molecule has 0 radical (unpaired) electrons. The molecule has 4 rings (SSSR count). The largest absolute Gasteiger partial charge is 0.441 e. The number of hydrogen-bond acceptors (Lipinski definition) is 4. The number of ether oxygens (including phenoxy) is 1. The summed E-state index contributed by atoms with van der Waals surface area (Å²) in [6.45, 7) is 1.41. The molecule has 25 heavy (non-hydrogen) atoms. The van der Waals surface area contributed by atoms with Gasteiger partial charge in [-0.2, -0.15) is 0 Å². The second-order valence-corrected chi connectivity index (χ2v) is 6.83. The molecule has 1 saturated carbocycles. The Hall–Kier alpha value is -2.14. The molecule has 1 aliphatic heterocycles. The Labute approximate surface area is 148 Å². The molecule has 1 aromatic heterocycles. The van der Waals surface area contributed by atoms with Crippen molar-refractivity contribution < 1.29 is 13.9 Å². The van der Waals surface area contributed by atoms with Crippen LogP contribution < -0.4 is 0 Å². The third-order valence-electron chi connectivity index (χ3n) is 5.20. The van der Waals surface area contributed by atoms with Gasteiger partial charge in [0.25, 0.3) is 0 Å². The quantitative estimate of drug-likeness (QED) is 0.836. The van der Waals surface area contributed by atoms with Gasteiger partial charge < -0.3 is 14.1 Å². The Morgan fingerprint density at radius 1 is 1.24 bits per heavy atom. The van der Waals surface area contributed by atoms with Crippen molar-refractivity contribution >= 4 is 5.91 Å². The first-order chi connectivity index (χ1) is 12.3. The van der Waals surface area contributed by atoms with E-state index < -0.39 is 0 Å². The van der Waals surface area contributed by atoms with Crippen LogP contribution in [0.25, 0.3) is 11.3 Å². The molecular weight excluding hydrogens is 316 g/mol. The number of benzene rings is 1. The molecule has 5 nitrogen and oxygen atoms in total. The maximum Gasteiger partial charge on any atom is 0.223 e. The summed E-state index contributed by atoms with van der Waals surface area (Å²) in [7, 11) is 0. The summed E-state index contributed by atoms with van der Waals surface area (Å²) in [5.41, 5.74) is 1.03. The molecule has 2 fully saturated rings. The third kappa shape index (κ3) is 3.61. The van der Waals surface area contributed by atoms with Gasteiger partial charge in [-0.3, -0.25) is 4.79 Å². The normalized spacial score (nSPS) is 22.8. The van der Waals surface area contributed by atoms with Crippen LogP contribution in [0.2, 0.25) is 0 Å². The molecule has 2 aromatic rings. The van der Waals surface area contributed by atoms with Gasteiger partial charge in [0, 0.05) is 24.9 Å². The SMILES string of the molecule is O=C(CCCc1ncc(-c2ccccc2)o1)N1CCO[C@H]2CCC[C@H]21. The van der Waals surface area contributed by atoms with Crippen LogP contribution in [0.15, 0.2) is 40.9 Å². The topological polar surface area (TPSA) is 55.6 Å². The van der Waals surface area contributed by atoms with E-state index >= 15 is 0 Å². The van der Waals surface area contributed by atoms with Gasteiger partial charge in [0.1, 0.15) is 0 Å². The third-order valence-corrected chi connectivity index (χ3v) is 5.20. The van der Waals surface area contributed by atoms with Crippen LogP contribution in [0.5, 0.6) is 0 Å². The van der Waals surface area contributed by atoms with Crippen molar-refractivity contribution in [2.24, 2.45) is 0 Å². The van der Waals surface area contributed by atoms with Gasteiger partial charge >= 0.3 is 0 Å². The minimum Gasteiger partial charge on any atom is -0.441 e. The van der Waals surface area contributed by atoms with E-state index in [0.717, 1.165) is 43.6 Å². The van der Waals surface area contributed by atoms with E-state index in [1.165, 1.54) is 0 Å². The lowest BCUT2D eigenvalue weighted by Crippen LogP contribution is -2.51. The van der Waals surface area contributed by atoms with Crippen molar-refractivity contribution in [3.8, 4) is 11.3 Å². The summed E-state index contributed by atoms with van der Waals surface area (Å²) in [5, 5.41) is 0. The lowest BCUT2D eigenvalue weighted by molar-refractivity contribution is -0.144. The van der Waals surface area contributed by atoms with Crippen LogP contribution in [-0.4, -0.2) is 41.1 Å². The maximum absolute atomic E-state index is 12.6. The van der Waals surface area contributed by atoms with Gasteiger partial charge in [-0.1, -0.05) is 30.3 Å². The van der Waals surface area contributed by atoms with Crippen LogP contribution in [0.1, 0.15) is 38.0 Å². The van der Waals surface area contributed by atoms with E-state index in [1.54, 1.807) is 6.20 Å². The lowest BCUT2D eigenvalue weighted by Gasteiger charge is -2.37. The van der Waals surface area contributed by atoms with Crippen molar-refractivity contribution in [2.45, 2.75) is 50.7 Å². The molecule has 2 aliphatic rings. The second kappa shape index (κ2) is 7.40. The fraction of sp³-hybridized carbons (Fsp3) is 0.500. The molecule has 1 aliphatic carbocycles. The summed E-state index contributed by atoms with van der Waals surface area (Å²) in [6.07, 6.45) is 7.36. The molecule has 2 atom stereocenters. The molecule has 0 bridgehead atoms. The predicted molar refractivity (Wildman–Crippen MR) is 94.0 cm³/mol. The van der Waals surface area contributed by atoms with E-state index in [1.807, 2.05) is 35.2 Å². The maximum atomic E-state index is 12.6. The van der Waals surface area contributed by atoms with Crippen LogP contribution in [0.4, 0.5) is 0 Å². The first-order valence-corrected chi connectivity index (χ1v) is 9.22. The number of morpholine rings is 1. The minimum atomic E-state index is 0.245. The number of nitrogens with zero attached hydrogens (tertiary/aromatic N) is 2. The van der Waals surface area contributed by atoms with E-state index in [9.17, 15) is 4.79 Å². The molecule has 1 saturated heterocycles. The Morgan fingerprint density at radius 2 is 2.12 bits per heavy atom. The Morgan fingerprint density at radius 3 is 3.00 bits per heavy atom. The number of carbonyl (C=O) groups is 1. The number of aromatic nitrogens is 1. The highest BCUT2D eigenvalue weighted by Crippen LogP contribution is 2.30. The summed E-state index contributed by atoms with van der Waals surface area (Å²) < 4.78 is 11.6. The average molecular weight is 340 g/mol. The number of fused-ring (bicyclic) bond motifs is 1. The van der Waals surface area contributed by atoms with Gasteiger partial charge in [0.05, 0.1) is 24.9 Å². The van der Waals surface area contributed by atoms with Crippen LogP contribution in [-0.2, 0) is 16.0 Å². The minimum absolute atomic E-state index is 0.245. The number of oxazole rings is 1. The second-order valence-electron chi connectivity index (χ2n) is 6.83. The van der Waals surface area contributed by atoms with Crippen molar-refractivity contribution in [1.82, 2.24) is 9.88 Å². The van der Waals surface area contributed by atoms with E-state index in [2.05, 4.69) is 4.98 Å². The summed E-state index contributed by atoms with van der Waals surface area (Å²) in [4.78, 5) is 19.0. The highest BCUT2D eigenvalue weighted by atomic mass is 16.5. The van der Waals surface area contributed by atoms with Gasteiger partial charge in [-0.15, -0.1) is 0 Å². The number of aryl methyl sites for hydroxylation is 1. The molecule has 1 aromatic carbocycles. The summed E-state index contributed by atoms with van der Waals surface area (Å²) >= 11 is 0. The van der Waals surface area contributed by atoms with Crippen molar-refractivity contribution in [3.05, 3.63) is 42.4 Å². The molecule has 0 unspecified atom stereocenters. The summed E-state index contributed by atoms with van der Waals surface area (Å²) in [6, 6.07) is 10.2. The monoisotopic (exact) mass is 340 g/mol. The number of amides is 1.